The fourth-order valence-electron chi connectivity index (χ4n) is 5.05. The molecule has 0 aliphatic heterocycles. The molecule has 3 saturated carbocycles. The molecule has 19 heavy (non-hydrogen) atoms. The summed E-state index contributed by atoms with van der Waals surface area (Å²) in [7, 11) is 0. The second-order valence-electron chi connectivity index (χ2n) is 6.97. The SMILES string of the molecule is Cc1cc(Cl)c(C(O)C2C3C4CCC(C4)C32)cc1C. The molecule has 5 atom stereocenters. The number of hydrogen-bond acceptors (Lipinski definition) is 1. The molecule has 102 valence electrons. The van der Waals surface area contributed by atoms with Gasteiger partial charge < -0.3 is 5.11 Å². The smallest absolute Gasteiger partial charge is 0.0838 e. The van der Waals surface area contributed by atoms with Crippen LogP contribution in [0.2, 0.25) is 5.02 Å². The van der Waals surface area contributed by atoms with Gasteiger partial charge in [0.2, 0.25) is 0 Å². The van der Waals surface area contributed by atoms with E-state index >= 15 is 0 Å². The van der Waals surface area contributed by atoms with E-state index in [1.54, 1.807) is 0 Å². The predicted molar refractivity (Wildman–Crippen MR) is 77.2 cm³/mol. The van der Waals surface area contributed by atoms with Gasteiger partial charge in [0.1, 0.15) is 0 Å². The Morgan fingerprint density at radius 1 is 1.11 bits per heavy atom. The lowest BCUT2D eigenvalue weighted by atomic mass is 9.93. The average molecular weight is 277 g/mol. The van der Waals surface area contributed by atoms with E-state index in [1.807, 2.05) is 6.07 Å². The van der Waals surface area contributed by atoms with E-state index in [1.165, 1.54) is 30.4 Å². The quantitative estimate of drug-likeness (QED) is 0.855. The van der Waals surface area contributed by atoms with E-state index in [9.17, 15) is 5.11 Å². The summed E-state index contributed by atoms with van der Waals surface area (Å²) in [5.74, 6) is 3.89. The summed E-state index contributed by atoms with van der Waals surface area (Å²) in [6, 6.07) is 4.10. The lowest BCUT2D eigenvalue weighted by Gasteiger charge is -2.18. The van der Waals surface area contributed by atoms with E-state index in [0.717, 1.165) is 34.3 Å². The predicted octanol–water partition coefficient (Wildman–Crippen LogP) is 4.28. The average Bonchev–Trinajstić information content (AvgIpc) is 2.81. The second kappa shape index (κ2) is 3.99. The van der Waals surface area contributed by atoms with Gasteiger partial charge in [0.15, 0.2) is 0 Å². The van der Waals surface area contributed by atoms with Crippen molar-refractivity contribution >= 4 is 11.6 Å². The van der Waals surface area contributed by atoms with Crippen molar-refractivity contribution in [2.24, 2.45) is 29.6 Å². The van der Waals surface area contributed by atoms with Crippen LogP contribution in [0.5, 0.6) is 0 Å². The molecule has 1 aromatic carbocycles. The molecular formula is C17H21ClO. The highest BCUT2D eigenvalue weighted by Gasteiger charge is 2.66. The minimum absolute atomic E-state index is 0.342. The van der Waals surface area contributed by atoms with Crippen LogP contribution in [0, 0.1) is 43.4 Å². The van der Waals surface area contributed by atoms with Crippen LogP contribution in [0.4, 0.5) is 0 Å². The first kappa shape index (κ1) is 12.2. The van der Waals surface area contributed by atoms with Crippen molar-refractivity contribution in [2.75, 3.05) is 0 Å². The standard InChI is InChI=1S/C17H21ClO/c1-8-5-12(13(18)6-9(8)2)17(19)16-14-10-3-4-11(7-10)15(14)16/h5-6,10-11,14-17,19H,3-4,7H2,1-2H3. The Morgan fingerprint density at radius 3 is 2.32 bits per heavy atom. The van der Waals surface area contributed by atoms with E-state index < -0.39 is 0 Å². The zero-order valence-electron chi connectivity index (χ0n) is 11.6. The first-order valence-corrected chi connectivity index (χ1v) is 7.90. The number of hydrogen-bond donors (Lipinski definition) is 1. The maximum absolute atomic E-state index is 10.7. The normalized spacial score (nSPS) is 40.3. The van der Waals surface area contributed by atoms with Gasteiger partial charge in [-0.25, -0.2) is 0 Å². The van der Waals surface area contributed by atoms with Gasteiger partial charge in [-0.05, 0) is 85.5 Å². The van der Waals surface area contributed by atoms with Crippen LogP contribution in [0.3, 0.4) is 0 Å². The monoisotopic (exact) mass is 276 g/mol. The Hall–Kier alpha value is -0.530. The van der Waals surface area contributed by atoms with Gasteiger partial charge in [-0.1, -0.05) is 17.7 Å². The van der Waals surface area contributed by atoms with Crippen molar-refractivity contribution in [2.45, 2.75) is 39.2 Å². The molecule has 0 spiro atoms. The van der Waals surface area contributed by atoms with Crippen LogP contribution in [-0.4, -0.2) is 5.11 Å². The molecule has 0 heterocycles. The van der Waals surface area contributed by atoms with Crippen LogP contribution in [0.1, 0.15) is 42.1 Å². The maximum atomic E-state index is 10.7. The van der Waals surface area contributed by atoms with Crippen molar-refractivity contribution in [3.05, 3.63) is 33.8 Å². The molecule has 0 aromatic heterocycles. The molecule has 2 bridgehead atoms. The lowest BCUT2D eigenvalue weighted by molar-refractivity contribution is 0.130. The van der Waals surface area contributed by atoms with Crippen molar-refractivity contribution in [3.63, 3.8) is 0 Å². The van der Waals surface area contributed by atoms with Crippen LogP contribution in [0.25, 0.3) is 0 Å². The molecule has 0 radical (unpaired) electrons. The highest BCUT2D eigenvalue weighted by atomic mass is 35.5. The van der Waals surface area contributed by atoms with Crippen molar-refractivity contribution in [1.82, 2.24) is 0 Å². The lowest BCUT2D eigenvalue weighted by Crippen LogP contribution is -2.09. The van der Waals surface area contributed by atoms with E-state index in [4.69, 9.17) is 11.6 Å². The number of fused-ring (bicyclic) bond motifs is 5. The third-order valence-electron chi connectivity index (χ3n) is 6.09. The van der Waals surface area contributed by atoms with Gasteiger partial charge in [0.05, 0.1) is 6.10 Å². The van der Waals surface area contributed by atoms with Crippen molar-refractivity contribution in [3.8, 4) is 0 Å². The maximum Gasteiger partial charge on any atom is 0.0838 e. The molecular weight excluding hydrogens is 256 g/mol. The minimum atomic E-state index is -0.342. The molecule has 0 saturated heterocycles. The zero-order valence-corrected chi connectivity index (χ0v) is 12.3. The Morgan fingerprint density at radius 2 is 1.68 bits per heavy atom. The first-order chi connectivity index (χ1) is 9.08. The Bertz CT molecular complexity index is 522. The third kappa shape index (κ3) is 1.64. The van der Waals surface area contributed by atoms with Crippen molar-refractivity contribution < 1.29 is 5.11 Å². The molecule has 3 aliphatic rings. The summed E-state index contributed by atoms with van der Waals surface area (Å²) in [6.45, 7) is 4.17. The number of halogens is 1. The molecule has 1 nitrogen and oxygen atoms in total. The van der Waals surface area contributed by atoms with E-state index in [0.29, 0.717) is 5.92 Å². The highest BCUT2D eigenvalue weighted by Crippen LogP contribution is 2.72. The largest absolute Gasteiger partial charge is 0.388 e. The van der Waals surface area contributed by atoms with Gasteiger partial charge in [-0.2, -0.15) is 0 Å². The summed E-state index contributed by atoms with van der Waals surface area (Å²) in [4.78, 5) is 0. The Labute approximate surface area is 120 Å². The van der Waals surface area contributed by atoms with Gasteiger partial charge in [-0.3, -0.25) is 0 Å². The Balaban J connectivity index is 1.62. The number of benzene rings is 1. The topological polar surface area (TPSA) is 20.2 Å². The summed E-state index contributed by atoms with van der Waals surface area (Å²) in [5, 5.41) is 11.5. The van der Waals surface area contributed by atoms with E-state index in [-0.39, 0.29) is 6.10 Å². The summed E-state index contributed by atoms with van der Waals surface area (Å²) < 4.78 is 0. The summed E-state index contributed by atoms with van der Waals surface area (Å²) in [5.41, 5.74) is 3.40. The summed E-state index contributed by atoms with van der Waals surface area (Å²) in [6.07, 6.45) is 3.88. The first-order valence-electron chi connectivity index (χ1n) is 7.52. The highest BCUT2D eigenvalue weighted by molar-refractivity contribution is 6.31. The Kier molecular flexibility index (Phi) is 2.57. The number of rotatable bonds is 2. The van der Waals surface area contributed by atoms with Crippen LogP contribution < -0.4 is 0 Å². The van der Waals surface area contributed by atoms with Crippen LogP contribution in [-0.2, 0) is 0 Å². The molecule has 4 rings (SSSR count). The van der Waals surface area contributed by atoms with E-state index in [2.05, 4.69) is 19.9 Å². The molecule has 0 amide bonds. The van der Waals surface area contributed by atoms with Gasteiger partial charge >= 0.3 is 0 Å². The van der Waals surface area contributed by atoms with Crippen molar-refractivity contribution in [1.29, 1.82) is 0 Å². The molecule has 3 fully saturated rings. The molecule has 1 aromatic rings. The van der Waals surface area contributed by atoms with Crippen LogP contribution >= 0.6 is 11.6 Å². The molecule has 2 heteroatoms. The fraction of sp³-hybridized carbons (Fsp3) is 0.647. The molecule has 1 N–H and O–H groups in total. The second-order valence-corrected chi connectivity index (χ2v) is 7.38. The molecule has 5 unspecified atom stereocenters. The number of aliphatic hydroxyl groups is 1. The summed E-state index contributed by atoms with van der Waals surface area (Å²) >= 11 is 6.35. The van der Waals surface area contributed by atoms with Gasteiger partial charge in [0.25, 0.3) is 0 Å². The minimum Gasteiger partial charge on any atom is -0.388 e. The fourth-order valence-corrected chi connectivity index (χ4v) is 5.38. The number of aliphatic hydroxyl groups excluding tert-OH is 1. The van der Waals surface area contributed by atoms with Crippen LogP contribution in [0.15, 0.2) is 12.1 Å². The van der Waals surface area contributed by atoms with Gasteiger partial charge in [0, 0.05) is 5.02 Å². The number of aryl methyl sites for hydroxylation is 2. The molecule has 3 aliphatic carbocycles. The third-order valence-corrected chi connectivity index (χ3v) is 6.42. The van der Waals surface area contributed by atoms with Gasteiger partial charge in [-0.15, -0.1) is 0 Å². The zero-order chi connectivity index (χ0) is 13.3.